The predicted molar refractivity (Wildman–Crippen MR) is 99.1 cm³/mol. The summed E-state index contributed by atoms with van der Waals surface area (Å²) < 4.78 is 26.2. The first-order valence-corrected chi connectivity index (χ1v) is 11.1. The van der Waals surface area contributed by atoms with Crippen LogP contribution in [0.5, 0.6) is 0 Å². The first-order valence-electron chi connectivity index (χ1n) is 9.42. The summed E-state index contributed by atoms with van der Waals surface area (Å²) in [5.41, 5.74) is 0.00458. The van der Waals surface area contributed by atoms with Gasteiger partial charge in [-0.2, -0.15) is 0 Å². The Bertz CT molecular complexity index is 566. The number of hydrogen-bond donors (Lipinski definition) is 0. The lowest BCUT2D eigenvalue weighted by Crippen LogP contribution is -2.36. The quantitative estimate of drug-likeness (QED) is 0.712. The lowest BCUT2D eigenvalue weighted by Gasteiger charge is -2.40. The van der Waals surface area contributed by atoms with Crippen molar-refractivity contribution in [1.29, 1.82) is 0 Å². The summed E-state index contributed by atoms with van der Waals surface area (Å²) in [7, 11) is -2.92. The van der Waals surface area contributed by atoms with Gasteiger partial charge in [0.2, 0.25) is 7.37 Å². The van der Waals surface area contributed by atoms with Gasteiger partial charge in [0.1, 0.15) is 0 Å². The van der Waals surface area contributed by atoms with E-state index in [0.717, 1.165) is 18.1 Å². The fraction of sp³-hybridized carbons (Fsp3) is 0.700. The van der Waals surface area contributed by atoms with Crippen LogP contribution < -0.4 is 5.30 Å². The Hall–Kier alpha value is -0.630. The van der Waals surface area contributed by atoms with Crippen molar-refractivity contribution in [1.82, 2.24) is 0 Å². The molecule has 1 aromatic carbocycles. The molecule has 2 aliphatic rings. The molecule has 4 heteroatoms. The van der Waals surface area contributed by atoms with E-state index in [4.69, 9.17) is 9.26 Å². The van der Waals surface area contributed by atoms with Crippen LogP contribution in [-0.4, -0.2) is 25.0 Å². The Morgan fingerprint density at radius 3 is 2.54 bits per heavy atom. The molecule has 2 fully saturated rings. The van der Waals surface area contributed by atoms with Gasteiger partial charge >= 0.3 is 0 Å². The Labute approximate surface area is 146 Å². The molecule has 1 aliphatic carbocycles. The van der Waals surface area contributed by atoms with Crippen molar-refractivity contribution in [3.05, 3.63) is 30.3 Å². The van der Waals surface area contributed by atoms with Gasteiger partial charge in [-0.1, -0.05) is 45.4 Å². The molecule has 2 unspecified atom stereocenters. The molecule has 1 aliphatic heterocycles. The van der Waals surface area contributed by atoms with Crippen molar-refractivity contribution < 1.29 is 13.8 Å². The Balaban J connectivity index is 1.89. The number of benzene rings is 1. The first kappa shape index (κ1) is 18.2. The second-order valence-corrected chi connectivity index (χ2v) is 10.6. The van der Waals surface area contributed by atoms with Crippen LogP contribution in [0.1, 0.15) is 46.5 Å². The van der Waals surface area contributed by atoms with Crippen LogP contribution in [0, 0.1) is 17.8 Å². The second kappa shape index (κ2) is 7.72. The Kier molecular flexibility index (Phi) is 5.85. The highest BCUT2D eigenvalue weighted by molar-refractivity contribution is 7.67. The standard InChI is InChI=1S/C20H31O3P/c1-15(2)19-10-9-16(3)13-20(19)23-24(21,18-11-12-22-14-18)17-7-5-4-6-8-17/h4-8,15-16,18-20H,9-14H2,1-3H3/t16-,18?,19+,20-,24?/m1/s1. The van der Waals surface area contributed by atoms with E-state index in [1.54, 1.807) is 0 Å². The maximum atomic E-state index is 14.1. The van der Waals surface area contributed by atoms with Gasteiger partial charge < -0.3 is 9.26 Å². The zero-order valence-electron chi connectivity index (χ0n) is 15.2. The van der Waals surface area contributed by atoms with Gasteiger partial charge in [0, 0.05) is 11.9 Å². The topological polar surface area (TPSA) is 35.5 Å². The van der Waals surface area contributed by atoms with Crippen LogP contribution in [-0.2, 0) is 13.8 Å². The van der Waals surface area contributed by atoms with Crippen molar-refractivity contribution in [2.75, 3.05) is 13.2 Å². The van der Waals surface area contributed by atoms with Crippen molar-refractivity contribution in [3.8, 4) is 0 Å². The van der Waals surface area contributed by atoms with Crippen molar-refractivity contribution in [3.63, 3.8) is 0 Å². The van der Waals surface area contributed by atoms with E-state index in [1.807, 2.05) is 30.3 Å². The van der Waals surface area contributed by atoms with Crippen LogP contribution in [0.4, 0.5) is 0 Å². The van der Waals surface area contributed by atoms with Crippen molar-refractivity contribution in [2.24, 2.45) is 17.8 Å². The van der Waals surface area contributed by atoms with E-state index in [0.29, 0.717) is 31.0 Å². The molecular weight excluding hydrogens is 319 g/mol. The van der Waals surface area contributed by atoms with Gasteiger partial charge in [-0.25, -0.2) is 0 Å². The maximum absolute atomic E-state index is 14.1. The van der Waals surface area contributed by atoms with Crippen molar-refractivity contribution in [2.45, 2.75) is 58.2 Å². The normalized spacial score (nSPS) is 33.5. The zero-order chi connectivity index (χ0) is 17.2. The average Bonchev–Trinajstić information content (AvgIpc) is 3.10. The summed E-state index contributed by atoms with van der Waals surface area (Å²) >= 11 is 0. The zero-order valence-corrected chi connectivity index (χ0v) is 16.1. The van der Waals surface area contributed by atoms with Gasteiger partial charge in [0.15, 0.2) is 0 Å². The van der Waals surface area contributed by atoms with Gasteiger partial charge in [-0.15, -0.1) is 0 Å². The van der Waals surface area contributed by atoms with E-state index in [2.05, 4.69) is 20.8 Å². The third-order valence-corrected chi connectivity index (χ3v) is 8.73. The van der Waals surface area contributed by atoms with Crippen LogP contribution in [0.25, 0.3) is 0 Å². The van der Waals surface area contributed by atoms with Gasteiger partial charge in [0.05, 0.1) is 18.4 Å². The lowest BCUT2D eigenvalue weighted by molar-refractivity contribution is 0.0483. The third kappa shape index (κ3) is 3.79. The molecule has 0 amide bonds. The molecule has 0 bridgehead atoms. The fourth-order valence-electron chi connectivity index (χ4n) is 4.22. The van der Waals surface area contributed by atoms with Gasteiger partial charge in [-0.3, -0.25) is 4.57 Å². The molecule has 3 nitrogen and oxygen atoms in total. The predicted octanol–water partition coefficient (Wildman–Crippen LogP) is 4.86. The monoisotopic (exact) mass is 350 g/mol. The molecule has 1 heterocycles. The van der Waals surface area contributed by atoms with Gasteiger partial charge in [-0.05, 0) is 49.1 Å². The minimum absolute atomic E-state index is 0.00458. The largest absolute Gasteiger partial charge is 0.381 e. The lowest BCUT2D eigenvalue weighted by atomic mass is 9.75. The molecule has 0 radical (unpaired) electrons. The van der Waals surface area contributed by atoms with Crippen LogP contribution in [0.15, 0.2) is 30.3 Å². The molecule has 3 rings (SSSR count). The SMILES string of the molecule is CC(C)[C@@H]1CC[C@@H](C)C[C@H]1OP(=O)(c1ccccc1)C1CCOC1. The summed E-state index contributed by atoms with van der Waals surface area (Å²) in [5, 5.41) is 0.862. The number of rotatable bonds is 5. The molecule has 134 valence electrons. The highest BCUT2D eigenvalue weighted by Crippen LogP contribution is 2.56. The van der Waals surface area contributed by atoms with Crippen LogP contribution in [0.2, 0.25) is 0 Å². The molecule has 1 saturated carbocycles. The summed E-state index contributed by atoms with van der Waals surface area (Å²) in [5.74, 6) is 1.71. The van der Waals surface area contributed by atoms with E-state index in [1.165, 1.54) is 12.8 Å². The molecule has 24 heavy (non-hydrogen) atoms. The summed E-state index contributed by atoms with van der Waals surface area (Å²) in [6, 6.07) is 9.83. The number of hydrogen-bond acceptors (Lipinski definition) is 3. The smallest absolute Gasteiger partial charge is 0.237 e. The molecule has 5 atom stereocenters. The van der Waals surface area contributed by atoms with Crippen molar-refractivity contribution >= 4 is 12.7 Å². The van der Waals surface area contributed by atoms with E-state index in [-0.39, 0.29) is 11.8 Å². The summed E-state index contributed by atoms with van der Waals surface area (Å²) in [4.78, 5) is 0. The third-order valence-electron chi connectivity index (χ3n) is 5.76. The first-order chi connectivity index (χ1) is 11.5. The highest BCUT2D eigenvalue weighted by atomic mass is 31.2. The van der Waals surface area contributed by atoms with Crippen LogP contribution in [0.3, 0.4) is 0 Å². The summed E-state index contributed by atoms with van der Waals surface area (Å²) in [6.07, 6.45) is 4.39. The molecule has 0 spiro atoms. The Morgan fingerprint density at radius 2 is 1.92 bits per heavy atom. The molecule has 0 N–H and O–H groups in total. The van der Waals surface area contributed by atoms with E-state index < -0.39 is 7.37 Å². The number of ether oxygens (including phenoxy) is 1. The Morgan fingerprint density at radius 1 is 1.17 bits per heavy atom. The minimum atomic E-state index is -2.92. The van der Waals surface area contributed by atoms with Gasteiger partial charge in [0.25, 0.3) is 0 Å². The van der Waals surface area contributed by atoms with Crippen LogP contribution >= 0.6 is 7.37 Å². The molecule has 1 aromatic rings. The summed E-state index contributed by atoms with van der Waals surface area (Å²) in [6.45, 7) is 8.08. The van der Waals surface area contributed by atoms with E-state index in [9.17, 15) is 4.57 Å². The molecule has 0 aromatic heterocycles. The molecular formula is C20H31O3P. The highest BCUT2D eigenvalue weighted by Gasteiger charge is 2.43. The average molecular weight is 350 g/mol. The fourth-order valence-corrected chi connectivity index (χ4v) is 6.92. The van der Waals surface area contributed by atoms with E-state index >= 15 is 0 Å². The maximum Gasteiger partial charge on any atom is 0.237 e. The second-order valence-electron chi connectivity index (χ2n) is 7.92. The molecule has 1 saturated heterocycles. The minimum Gasteiger partial charge on any atom is -0.381 e.